The number of benzene rings is 1. The van der Waals surface area contributed by atoms with Gasteiger partial charge in [-0.15, -0.1) is 0 Å². The van der Waals surface area contributed by atoms with Crippen molar-refractivity contribution in [2.24, 2.45) is 5.92 Å². The monoisotopic (exact) mass is 273 g/mol. The average Bonchev–Trinajstić information content (AvgIpc) is 2.78. The molecule has 0 saturated carbocycles. The Morgan fingerprint density at radius 1 is 1.20 bits per heavy atom. The van der Waals surface area contributed by atoms with E-state index in [1.54, 1.807) is 24.3 Å². The summed E-state index contributed by atoms with van der Waals surface area (Å²) in [5, 5.41) is 0. The van der Waals surface area contributed by atoms with E-state index in [0.717, 1.165) is 11.5 Å². The molecule has 20 heavy (non-hydrogen) atoms. The van der Waals surface area contributed by atoms with Crippen LogP contribution in [0.25, 0.3) is 0 Å². The minimum atomic E-state index is -0.319. The lowest BCUT2D eigenvalue weighted by Gasteiger charge is -2.33. The lowest BCUT2D eigenvalue weighted by atomic mass is 10.0. The van der Waals surface area contributed by atoms with E-state index in [1.165, 1.54) is 12.2 Å². The molecule has 5 heteroatoms. The van der Waals surface area contributed by atoms with Crippen molar-refractivity contribution in [1.82, 2.24) is 0 Å². The molecule has 2 aliphatic heterocycles. The third kappa shape index (κ3) is 2.32. The van der Waals surface area contributed by atoms with Crippen LogP contribution in [0.15, 0.2) is 36.4 Å². The topological polar surface area (TPSA) is 55.8 Å². The molecule has 0 bridgehead atoms. The smallest absolute Gasteiger partial charge is 0.258 e. The first kappa shape index (κ1) is 12.9. The molecule has 0 aliphatic carbocycles. The average molecular weight is 273 g/mol. The van der Waals surface area contributed by atoms with Crippen molar-refractivity contribution in [2.45, 2.75) is 13.0 Å². The third-order valence-electron chi connectivity index (χ3n) is 3.53. The van der Waals surface area contributed by atoms with Gasteiger partial charge in [0, 0.05) is 18.1 Å². The van der Waals surface area contributed by atoms with Crippen LogP contribution in [0.4, 0.5) is 5.69 Å². The zero-order valence-electron chi connectivity index (χ0n) is 11.1. The number of amides is 2. The van der Waals surface area contributed by atoms with Crippen LogP contribution in [0.3, 0.4) is 0 Å². The Bertz CT molecular complexity index is 546. The third-order valence-corrected chi connectivity index (χ3v) is 3.53. The van der Waals surface area contributed by atoms with Gasteiger partial charge in [0.2, 0.25) is 0 Å². The van der Waals surface area contributed by atoms with Crippen molar-refractivity contribution in [1.29, 1.82) is 0 Å². The second kappa shape index (κ2) is 5.09. The van der Waals surface area contributed by atoms with Gasteiger partial charge >= 0.3 is 0 Å². The Morgan fingerprint density at radius 2 is 1.85 bits per heavy atom. The van der Waals surface area contributed by atoms with Crippen molar-refractivity contribution < 1.29 is 19.1 Å². The number of anilines is 1. The fraction of sp³-hybridized carbons (Fsp3) is 0.333. The number of hydrogen-bond donors (Lipinski definition) is 0. The van der Waals surface area contributed by atoms with Gasteiger partial charge in [0.1, 0.15) is 12.4 Å². The van der Waals surface area contributed by atoms with E-state index in [1.807, 2.05) is 0 Å². The highest BCUT2D eigenvalue weighted by atomic mass is 16.5. The predicted octanol–water partition coefficient (Wildman–Crippen LogP) is 1.53. The summed E-state index contributed by atoms with van der Waals surface area (Å²) < 4.78 is 11.0. The molecule has 0 N–H and O–H groups in total. The molecule has 3 rings (SSSR count). The van der Waals surface area contributed by atoms with Crippen LogP contribution in [-0.4, -0.2) is 31.1 Å². The number of rotatable bonds is 4. The van der Waals surface area contributed by atoms with Gasteiger partial charge in [-0.25, -0.2) is 4.90 Å². The summed E-state index contributed by atoms with van der Waals surface area (Å²) in [6.07, 6.45) is 2.69. The molecule has 104 valence electrons. The van der Waals surface area contributed by atoms with E-state index in [9.17, 15) is 9.59 Å². The van der Waals surface area contributed by atoms with Crippen molar-refractivity contribution in [3.05, 3.63) is 36.4 Å². The number of carbonyl (C=O) groups is 2. The van der Waals surface area contributed by atoms with E-state index >= 15 is 0 Å². The molecule has 2 amide bonds. The SMILES string of the molecule is CC1COC1COc1ccc(N2C(=O)C=CC2=O)cc1. The lowest BCUT2D eigenvalue weighted by Crippen LogP contribution is -2.41. The van der Waals surface area contributed by atoms with Gasteiger partial charge in [-0.05, 0) is 24.3 Å². The molecule has 2 atom stereocenters. The second-order valence-electron chi connectivity index (χ2n) is 5.00. The van der Waals surface area contributed by atoms with Gasteiger partial charge in [-0.1, -0.05) is 6.92 Å². The maximum absolute atomic E-state index is 11.5. The van der Waals surface area contributed by atoms with Crippen LogP contribution in [-0.2, 0) is 14.3 Å². The largest absolute Gasteiger partial charge is 0.491 e. The lowest BCUT2D eigenvalue weighted by molar-refractivity contribution is -0.123. The summed E-state index contributed by atoms with van der Waals surface area (Å²) in [5.74, 6) is 0.587. The number of carbonyl (C=O) groups excluding carboxylic acids is 2. The maximum Gasteiger partial charge on any atom is 0.258 e. The molecule has 5 nitrogen and oxygen atoms in total. The normalized spacial score (nSPS) is 24.9. The summed E-state index contributed by atoms with van der Waals surface area (Å²) in [7, 11) is 0. The number of ether oxygens (including phenoxy) is 2. The van der Waals surface area contributed by atoms with E-state index in [-0.39, 0.29) is 17.9 Å². The minimum absolute atomic E-state index is 0.153. The molecule has 2 aliphatic rings. The molecule has 0 radical (unpaired) electrons. The Morgan fingerprint density at radius 3 is 2.35 bits per heavy atom. The van der Waals surface area contributed by atoms with Crippen molar-refractivity contribution in [3.8, 4) is 5.75 Å². The van der Waals surface area contributed by atoms with Crippen LogP contribution in [0.1, 0.15) is 6.92 Å². The molecular weight excluding hydrogens is 258 g/mol. The number of imide groups is 1. The molecule has 0 spiro atoms. The first-order valence-electron chi connectivity index (χ1n) is 6.56. The predicted molar refractivity (Wildman–Crippen MR) is 72.5 cm³/mol. The highest BCUT2D eigenvalue weighted by molar-refractivity contribution is 6.28. The van der Waals surface area contributed by atoms with Crippen LogP contribution >= 0.6 is 0 Å². The van der Waals surface area contributed by atoms with Crippen LogP contribution in [0, 0.1) is 5.92 Å². The van der Waals surface area contributed by atoms with Gasteiger partial charge < -0.3 is 9.47 Å². The zero-order chi connectivity index (χ0) is 14.1. The summed E-state index contributed by atoms with van der Waals surface area (Å²) in [6, 6.07) is 6.89. The highest BCUT2D eigenvalue weighted by Gasteiger charge is 2.28. The van der Waals surface area contributed by atoms with Gasteiger partial charge in [0.25, 0.3) is 11.8 Å². The standard InChI is InChI=1S/C15H15NO4/c1-10-8-20-13(10)9-19-12-4-2-11(3-5-12)16-14(17)6-7-15(16)18/h2-7,10,13H,8-9H2,1H3. The summed E-state index contributed by atoms with van der Waals surface area (Å²) >= 11 is 0. The van der Waals surface area contributed by atoms with E-state index in [0.29, 0.717) is 24.0 Å². The minimum Gasteiger partial charge on any atom is -0.491 e. The second-order valence-corrected chi connectivity index (χ2v) is 5.00. The van der Waals surface area contributed by atoms with Gasteiger partial charge in [0.05, 0.1) is 18.4 Å². The number of nitrogens with zero attached hydrogens (tertiary/aromatic N) is 1. The van der Waals surface area contributed by atoms with Crippen LogP contribution < -0.4 is 9.64 Å². The van der Waals surface area contributed by atoms with Crippen LogP contribution in [0.2, 0.25) is 0 Å². The first-order valence-corrected chi connectivity index (χ1v) is 6.56. The summed E-state index contributed by atoms with van der Waals surface area (Å²) in [4.78, 5) is 24.2. The van der Waals surface area contributed by atoms with E-state index in [4.69, 9.17) is 9.47 Å². The molecule has 2 unspecified atom stereocenters. The van der Waals surface area contributed by atoms with Crippen molar-refractivity contribution >= 4 is 17.5 Å². The Hall–Kier alpha value is -2.14. The Labute approximate surface area is 116 Å². The van der Waals surface area contributed by atoms with Crippen molar-refractivity contribution in [3.63, 3.8) is 0 Å². The van der Waals surface area contributed by atoms with Crippen molar-refractivity contribution in [2.75, 3.05) is 18.1 Å². The van der Waals surface area contributed by atoms with Gasteiger partial charge in [-0.3, -0.25) is 9.59 Å². The molecule has 1 fully saturated rings. The van der Waals surface area contributed by atoms with Gasteiger partial charge in [-0.2, -0.15) is 0 Å². The van der Waals surface area contributed by atoms with Crippen LogP contribution in [0.5, 0.6) is 5.75 Å². The quantitative estimate of drug-likeness (QED) is 0.781. The Balaban J connectivity index is 1.62. The maximum atomic E-state index is 11.5. The summed E-state index contributed by atoms with van der Waals surface area (Å²) in [6.45, 7) is 3.43. The van der Waals surface area contributed by atoms with Gasteiger partial charge in [0.15, 0.2) is 0 Å². The summed E-state index contributed by atoms with van der Waals surface area (Å²) in [5.41, 5.74) is 0.547. The molecule has 2 heterocycles. The van der Waals surface area contributed by atoms with E-state index < -0.39 is 0 Å². The number of hydrogen-bond acceptors (Lipinski definition) is 4. The molecule has 1 aromatic carbocycles. The molecular formula is C15H15NO4. The fourth-order valence-corrected chi connectivity index (χ4v) is 2.16. The Kier molecular flexibility index (Phi) is 3.28. The fourth-order valence-electron chi connectivity index (χ4n) is 2.16. The zero-order valence-corrected chi connectivity index (χ0v) is 11.1. The molecule has 1 aromatic rings. The molecule has 1 saturated heterocycles. The molecule has 0 aromatic heterocycles. The first-order chi connectivity index (χ1) is 9.65. The highest BCUT2D eigenvalue weighted by Crippen LogP contribution is 2.24. The van der Waals surface area contributed by atoms with E-state index in [2.05, 4.69) is 6.92 Å².